The van der Waals surface area contributed by atoms with Gasteiger partial charge in [-0.3, -0.25) is 4.72 Å². The summed E-state index contributed by atoms with van der Waals surface area (Å²) in [5, 5.41) is 14.2. The number of hydrogen-bond acceptors (Lipinski definition) is 6. The van der Waals surface area contributed by atoms with Crippen LogP contribution >= 0.6 is 0 Å². The van der Waals surface area contributed by atoms with E-state index in [4.69, 9.17) is 9.47 Å². The van der Waals surface area contributed by atoms with Crippen LogP contribution < -0.4 is 19.5 Å². The van der Waals surface area contributed by atoms with Crippen molar-refractivity contribution in [2.24, 2.45) is 0 Å². The molecule has 26 heavy (non-hydrogen) atoms. The molecule has 0 unspecified atom stereocenters. The Morgan fingerprint density at radius 3 is 2.58 bits per heavy atom. The normalized spacial score (nSPS) is 21.6. The average Bonchev–Trinajstić information content (AvgIpc) is 2.52. The molecule has 1 aliphatic heterocycles. The fraction of sp³-hybridized carbons (Fsp3) is 0.667. The number of fused-ring (bicyclic) bond motifs is 1. The molecule has 1 aromatic carbocycles. The Kier molecular flexibility index (Phi) is 6.42. The lowest BCUT2D eigenvalue weighted by Crippen LogP contribution is -2.52. The highest BCUT2D eigenvalue weighted by molar-refractivity contribution is 7.92. The van der Waals surface area contributed by atoms with Crippen LogP contribution in [0.5, 0.6) is 11.5 Å². The lowest BCUT2D eigenvalue weighted by atomic mass is 9.86. The van der Waals surface area contributed by atoms with Gasteiger partial charge in [0, 0.05) is 11.6 Å². The number of rotatable bonds is 8. The van der Waals surface area contributed by atoms with Crippen LogP contribution in [0.2, 0.25) is 0 Å². The van der Waals surface area contributed by atoms with Crippen molar-refractivity contribution >= 4 is 15.7 Å². The van der Waals surface area contributed by atoms with E-state index in [0.29, 0.717) is 17.2 Å². The van der Waals surface area contributed by atoms with Crippen LogP contribution in [-0.4, -0.2) is 45.1 Å². The molecule has 0 amide bonds. The third-order valence-electron chi connectivity index (χ3n) is 4.51. The standard InChI is InChI=1S/C18H30N2O5S/c1-6-7-8-9-19-16-12-10-15(24-4)13(20-26(5,22)23)11-14(12)25-18(2,3)17(16)21/h10-11,16-17,19-21H,6-9H2,1-5H3/t16-,17+/m0/s1. The van der Waals surface area contributed by atoms with E-state index < -0.39 is 21.7 Å². The van der Waals surface area contributed by atoms with Gasteiger partial charge in [0.05, 0.1) is 25.1 Å². The summed E-state index contributed by atoms with van der Waals surface area (Å²) in [4.78, 5) is 0. The fourth-order valence-electron chi connectivity index (χ4n) is 3.12. The first-order valence-electron chi connectivity index (χ1n) is 8.89. The molecule has 0 bridgehead atoms. The van der Waals surface area contributed by atoms with E-state index in [9.17, 15) is 13.5 Å². The highest BCUT2D eigenvalue weighted by Crippen LogP contribution is 2.44. The predicted molar refractivity (Wildman–Crippen MR) is 102 cm³/mol. The minimum atomic E-state index is -3.46. The summed E-state index contributed by atoms with van der Waals surface area (Å²) >= 11 is 0. The lowest BCUT2D eigenvalue weighted by molar-refractivity contribution is -0.0645. The van der Waals surface area contributed by atoms with Gasteiger partial charge in [0.1, 0.15) is 23.2 Å². The molecule has 0 aliphatic carbocycles. The third-order valence-corrected chi connectivity index (χ3v) is 5.10. The number of benzene rings is 1. The first-order chi connectivity index (χ1) is 12.1. The minimum Gasteiger partial charge on any atom is -0.495 e. The maximum Gasteiger partial charge on any atom is 0.229 e. The Hall–Kier alpha value is -1.51. The van der Waals surface area contributed by atoms with E-state index in [2.05, 4.69) is 17.0 Å². The van der Waals surface area contributed by atoms with Gasteiger partial charge in [-0.1, -0.05) is 19.8 Å². The van der Waals surface area contributed by atoms with Crippen molar-refractivity contribution < 1.29 is 23.0 Å². The van der Waals surface area contributed by atoms with Crippen molar-refractivity contribution in [3.63, 3.8) is 0 Å². The molecular weight excluding hydrogens is 356 g/mol. The van der Waals surface area contributed by atoms with Crippen molar-refractivity contribution in [3.05, 3.63) is 17.7 Å². The molecule has 0 radical (unpaired) electrons. The van der Waals surface area contributed by atoms with Crippen LogP contribution in [0.25, 0.3) is 0 Å². The second kappa shape index (κ2) is 8.02. The number of nitrogens with one attached hydrogen (secondary N) is 2. The van der Waals surface area contributed by atoms with Crippen LogP contribution in [0.3, 0.4) is 0 Å². The van der Waals surface area contributed by atoms with Gasteiger partial charge in [-0.05, 0) is 32.9 Å². The first kappa shape index (κ1) is 20.8. The van der Waals surface area contributed by atoms with Crippen molar-refractivity contribution in [1.29, 1.82) is 0 Å². The Balaban J connectivity index is 2.41. The minimum absolute atomic E-state index is 0.311. The maximum absolute atomic E-state index is 11.6. The summed E-state index contributed by atoms with van der Waals surface area (Å²) in [7, 11) is -1.99. The number of aliphatic hydroxyl groups excluding tert-OH is 1. The number of methoxy groups -OCH3 is 1. The summed E-state index contributed by atoms with van der Waals surface area (Å²) in [6, 6.07) is 3.01. The second-order valence-corrected chi connectivity index (χ2v) is 9.00. The highest BCUT2D eigenvalue weighted by Gasteiger charge is 2.43. The number of ether oxygens (including phenoxy) is 2. The van der Waals surface area contributed by atoms with Gasteiger partial charge >= 0.3 is 0 Å². The van der Waals surface area contributed by atoms with Gasteiger partial charge in [0.25, 0.3) is 0 Å². The number of sulfonamides is 1. The van der Waals surface area contributed by atoms with Gasteiger partial charge in [0.2, 0.25) is 10.0 Å². The van der Waals surface area contributed by atoms with E-state index in [1.165, 1.54) is 7.11 Å². The second-order valence-electron chi connectivity index (χ2n) is 7.25. The number of unbranched alkanes of at least 4 members (excludes halogenated alkanes) is 2. The summed E-state index contributed by atoms with van der Waals surface area (Å²) < 4.78 is 37.0. The van der Waals surface area contributed by atoms with E-state index in [1.54, 1.807) is 12.1 Å². The topological polar surface area (TPSA) is 96.9 Å². The van der Waals surface area contributed by atoms with Crippen molar-refractivity contribution in [1.82, 2.24) is 5.32 Å². The molecule has 0 fully saturated rings. The quantitative estimate of drug-likeness (QED) is 0.594. The molecule has 0 saturated heterocycles. The monoisotopic (exact) mass is 386 g/mol. The Morgan fingerprint density at radius 1 is 1.31 bits per heavy atom. The molecule has 148 valence electrons. The first-order valence-corrected chi connectivity index (χ1v) is 10.8. The molecule has 7 nitrogen and oxygen atoms in total. The van der Waals surface area contributed by atoms with Crippen LogP contribution in [0.4, 0.5) is 5.69 Å². The molecule has 1 heterocycles. The van der Waals surface area contributed by atoms with Crippen LogP contribution in [0.15, 0.2) is 12.1 Å². The van der Waals surface area contributed by atoms with Gasteiger partial charge in [0.15, 0.2) is 0 Å². The molecule has 2 atom stereocenters. The van der Waals surface area contributed by atoms with Crippen LogP contribution in [0.1, 0.15) is 51.6 Å². The van der Waals surface area contributed by atoms with Crippen molar-refractivity contribution in [2.45, 2.75) is 57.8 Å². The van der Waals surface area contributed by atoms with Crippen molar-refractivity contribution in [3.8, 4) is 11.5 Å². The zero-order valence-corrected chi connectivity index (χ0v) is 16.9. The molecule has 2 rings (SSSR count). The lowest BCUT2D eigenvalue weighted by Gasteiger charge is -2.42. The van der Waals surface area contributed by atoms with E-state index in [0.717, 1.165) is 37.6 Å². The Morgan fingerprint density at radius 2 is 2.00 bits per heavy atom. The molecule has 1 aliphatic rings. The number of aliphatic hydroxyl groups is 1. The summed E-state index contributed by atoms with van der Waals surface area (Å²) in [5.41, 5.74) is 0.252. The zero-order chi connectivity index (χ0) is 19.5. The molecule has 0 spiro atoms. The van der Waals surface area contributed by atoms with Crippen LogP contribution in [0, 0.1) is 0 Å². The van der Waals surface area contributed by atoms with Crippen LogP contribution in [-0.2, 0) is 10.0 Å². The molecule has 8 heteroatoms. The maximum atomic E-state index is 11.6. The highest BCUT2D eigenvalue weighted by atomic mass is 32.2. The largest absolute Gasteiger partial charge is 0.495 e. The molecular formula is C18H30N2O5S. The Labute approximate surface area is 156 Å². The van der Waals surface area contributed by atoms with Gasteiger partial charge in [-0.15, -0.1) is 0 Å². The Bertz CT molecular complexity index is 733. The van der Waals surface area contributed by atoms with Gasteiger partial charge in [-0.2, -0.15) is 0 Å². The zero-order valence-electron chi connectivity index (χ0n) is 16.1. The van der Waals surface area contributed by atoms with Gasteiger partial charge in [-0.25, -0.2) is 8.42 Å². The predicted octanol–water partition coefficient (Wildman–Crippen LogP) is 2.42. The molecule has 0 aromatic heterocycles. The summed E-state index contributed by atoms with van der Waals surface area (Å²) in [5.74, 6) is 0.908. The third kappa shape index (κ3) is 4.81. The summed E-state index contributed by atoms with van der Waals surface area (Å²) in [6.45, 7) is 6.55. The fourth-order valence-corrected chi connectivity index (χ4v) is 3.68. The number of hydrogen-bond donors (Lipinski definition) is 3. The van der Waals surface area contributed by atoms with E-state index in [1.807, 2.05) is 13.8 Å². The number of anilines is 1. The van der Waals surface area contributed by atoms with Crippen molar-refractivity contribution in [2.75, 3.05) is 24.6 Å². The molecule has 3 N–H and O–H groups in total. The SMILES string of the molecule is CCCCCN[C@H]1c2cc(OC)c(NS(C)(=O)=O)cc2OC(C)(C)[C@@H]1O. The van der Waals surface area contributed by atoms with E-state index >= 15 is 0 Å². The van der Waals surface area contributed by atoms with Gasteiger partial charge < -0.3 is 19.9 Å². The summed E-state index contributed by atoms with van der Waals surface area (Å²) in [6.07, 6.45) is 3.58. The average molecular weight is 387 g/mol. The molecule has 0 saturated carbocycles. The molecule has 1 aromatic rings. The van der Waals surface area contributed by atoms with E-state index in [-0.39, 0.29) is 6.04 Å². The smallest absolute Gasteiger partial charge is 0.229 e.